The molecule has 2 aromatic heterocycles. The first-order valence-corrected chi connectivity index (χ1v) is 18.8. The molecule has 1 spiro atoms. The zero-order valence-corrected chi connectivity index (χ0v) is 29.6. The molecule has 0 radical (unpaired) electrons. The van der Waals surface area contributed by atoms with E-state index in [4.69, 9.17) is 4.74 Å². The molecule has 1 atom stereocenters. The van der Waals surface area contributed by atoms with Crippen LogP contribution in [0.15, 0.2) is 5.38 Å². The molecule has 0 aromatic carbocycles. The summed E-state index contributed by atoms with van der Waals surface area (Å²) in [5.41, 5.74) is 2.50. The Morgan fingerprint density at radius 2 is 1.65 bits per heavy atom. The largest absolute Gasteiger partial charge is 0.442 e. The number of carbonyl (C=O) groups is 2. The van der Waals surface area contributed by atoms with E-state index >= 15 is 0 Å². The zero-order chi connectivity index (χ0) is 32.5. The van der Waals surface area contributed by atoms with Gasteiger partial charge in [0.25, 0.3) is 5.91 Å². The molecule has 3 aliphatic heterocycles. The monoisotopic (exact) mass is 650 g/mol. The fourth-order valence-corrected chi connectivity index (χ4v) is 9.26. The van der Waals surface area contributed by atoms with Crippen molar-refractivity contribution in [3.63, 3.8) is 0 Å². The quantitative estimate of drug-likeness (QED) is 0.299. The van der Waals surface area contributed by atoms with E-state index in [9.17, 15) is 9.59 Å². The van der Waals surface area contributed by atoms with Crippen molar-refractivity contribution in [1.82, 2.24) is 29.7 Å². The van der Waals surface area contributed by atoms with E-state index in [0.717, 1.165) is 69.0 Å². The zero-order valence-electron chi connectivity index (χ0n) is 28.8. The van der Waals surface area contributed by atoms with Crippen molar-refractivity contribution >= 4 is 23.3 Å². The standard InChI is InChI=1S/C36H54N6O3S/c1-6-7-13-29-23-41(22-28-11-9-8-10-12-28)34(44)45-36(29)16-20-42(21-17-36)35(5)14-18-40(19-15-35)33(43)31-25(2)37-32(38-26(31)3)30-24-46-27(4)39-30/h24,28-29H,6-23H2,1-5H3. The Balaban J connectivity index is 1.07. The van der Waals surface area contributed by atoms with Gasteiger partial charge in [-0.25, -0.2) is 19.7 Å². The second kappa shape index (κ2) is 13.9. The maximum absolute atomic E-state index is 13.8. The van der Waals surface area contributed by atoms with Gasteiger partial charge in [0.15, 0.2) is 5.82 Å². The lowest BCUT2D eigenvalue weighted by Gasteiger charge is -2.55. The number of piperidine rings is 2. The number of hydrogen-bond acceptors (Lipinski definition) is 8. The van der Waals surface area contributed by atoms with Crippen molar-refractivity contribution in [2.75, 3.05) is 39.3 Å². The second-order valence-electron chi connectivity index (χ2n) is 14.8. The lowest BCUT2D eigenvalue weighted by molar-refractivity contribution is -0.134. The molecule has 252 valence electrons. The normalized spacial score (nSPS) is 23.9. The van der Waals surface area contributed by atoms with Crippen LogP contribution < -0.4 is 0 Å². The van der Waals surface area contributed by atoms with Gasteiger partial charge in [0.1, 0.15) is 11.3 Å². The van der Waals surface area contributed by atoms with Crippen LogP contribution in [0, 0.1) is 32.6 Å². The Morgan fingerprint density at radius 3 is 2.26 bits per heavy atom. The molecule has 1 aliphatic carbocycles. The Bertz CT molecular complexity index is 1360. The molecule has 46 heavy (non-hydrogen) atoms. The van der Waals surface area contributed by atoms with Gasteiger partial charge in [-0.2, -0.15) is 0 Å². The van der Waals surface area contributed by atoms with E-state index in [1.165, 1.54) is 44.9 Å². The number of carbonyl (C=O) groups excluding carboxylic acids is 2. The summed E-state index contributed by atoms with van der Waals surface area (Å²) < 4.78 is 6.50. The summed E-state index contributed by atoms with van der Waals surface area (Å²) in [6.07, 6.45) is 13.5. The SMILES string of the molecule is CCCCC1CN(CC2CCCCC2)C(=O)OC12CCN(C1(C)CCN(C(=O)c3c(C)nc(-c4csc(C)n4)nc3C)CC1)CC2. The molecule has 4 aliphatic rings. The van der Waals surface area contributed by atoms with Gasteiger partial charge in [-0.15, -0.1) is 11.3 Å². The highest BCUT2D eigenvalue weighted by Crippen LogP contribution is 2.44. The van der Waals surface area contributed by atoms with Crippen LogP contribution >= 0.6 is 11.3 Å². The summed E-state index contributed by atoms with van der Waals surface area (Å²) in [6.45, 7) is 15.4. The highest BCUT2D eigenvalue weighted by atomic mass is 32.1. The number of unbranched alkanes of at least 4 members (excludes halogenated alkanes) is 1. The van der Waals surface area contributed by atoms with Crippen molar-refractivity contribution in [2.45, 2.75) is 123 Å². The molecular formula is C36H54N6O3S. The minimum Gasteiger partial charge on any atom is -0.442 e. The number of hydrogen-bond donors (Lipinski definition) is 0. The highest BCUT2D eigenvalue weighted by Gasteiger charge is 2.51. The molecule has 9 nitrogen and oxygen atoms in total. The van der Waals surface area contributed by atoms with Crippen molar-refractivity contribution < 1.29 is 14.3 Å². The van der Waals surface area contributed by atoms with Crippen LogP contribution in [0.25, 0.3) is 11.5 Å². The van der Waals surface area contributed by atoms with Gasteiger partial charge in [-0.05, 0) is 65.7 Å². The predicted octanol–water partition coefficient (Wildman–Crippen LogP) is 7.19. The van der Waals surface area contributed by atoms with Crippen LogP contribution in [0.3, 0.4) is 0 Å². The number of aryl methyl sites for hydroxylation is 3. The minimum absolute atomic E-state index is 0.0237. The summed E-state index contributed by atoms with van der Waals surface area (Å²) >= 11 is 1.58. The summed E-state index contributed by atoms with van der Waals surface area (Å²) in [4.78, 5) is 47.7. The molecule has 4 fully saturated rings. The van der Waals surface area contributed by atoms with Crippen molar-refractivity contribution in [3.05, 3.63) is 27.3 Å². The molecule has 10 heteroatoms. The molecule has 1 saturated carbocycles. The first-order valence-electron chi connectivity index (χ1n) is 17.9. The lowest BCUT2D eigenvalue weighted by atomic mass is 9.74. The number of amides is 2. The van der Waals surface area contributed by atoms with E-state index < -0.39 is 0 Å². The average Bonchev–Trinajstić information content (AvgIpc) is 3.49. The molecule has 5 heterocycles. The van der Waals surface area contributed by atoms with Crippen LogP contribution in [0.2, 0.25) is 0 Å². The van der Waals surface area contributed by atoms with Gasteiger partial charge in [-0.1, -0.05) is 39.0 Å². The highest BCUT2D eigenvalue weighted by molar-refractivity contribution is 7.09. The van der Waals surface area contributed by atoms with E-state index in [1.54, 1.807) is 11.3 Å². The van der Waals surface area contributed by atoms with Crippen LogP contribution in [-0.4, -0.2) is 92.1 Å². The van der Waals surface area contributed by atoms with E-state index in [2.05, 4.69) is 38.6 Å². The average molecular weight is 651 g/mol. The Kier molecular flexibility index (Phi) is 10.0. The third kappa shape index (κ3) is 6.84. The Labute approximate surface area is 279 Å². The van der Waals surface area contributed by atoms with E-state index in [1.807, 2.05) is 31.1 Å². The summed E-state index contributed by atoms with van der Waals surface area (Å²) in [7, 11) is 0. The smallest absolute Gasteiger partial charge is 0.410 e. The number of thiazole rings is 1. The van der Waals surface area contributed by atoms with Gasteiger partial charge < -0.3 is 14.5 Å². The first kappa shape index (κ1) is 33.3. The molecule has 6 rings (SSSR count). The lowest BCUT2D eigenvalue weighted by Crippen LogP contribution is -2.63. The molecule has 2 aromatic rings. The van der Waals surface area contributed by atoms with Crippen LogP contribution in [-0.2, 0) is 4.74 Å². The molecule has 0 bridgehead atoms. The number of aromatic nitrogens is 3. The molecule has 2 amide bonds. The van der Waals surface area contributed by atoms with E-state index in [-0.39, 0.29) is 23.1 Å². The van der Waals surface area contributed by atoms with Crippen molar-refractivity contribution in [1.29, 1.82) is 0 Å². The molecule has 3 saturated heterocycles. The second-order valence-corrected chi connectivity index (χ2v) is 15.9. The van der Waals surface area contributed by atoms with E-state index in [0.29, 0.717) is 47.7 Å². The fraction of sp³-hybridized carbons (Fsp3) is 0.750. The number of ether oxygens (including phenoxy) is 1. The maximum atomic E-state index is 13.8. The summed E-state index contributed by atoms with van der Waals surface area (Å²) in [5, 5.41) is 2.94. The van der Waals surface area contributed by atoms with Gasteiger partial charge in [0.2, 0.25) is 0 Å². The first-order chi connectivity index (χ1) is 22.1. The fourth-order valence-electron chi connectivity index (χ4n) is 8.67. The number of likely N-dealkylation sites (tertiary alicyclic amines) is 2. The van der Waals surface area contributed by atoms with Crippen molar-refractivity contribution in [3.8, 4) is 11.5 Å². The van der Waals surface area contributed by atoms with Crippen LogP contribution in [0.4, 0.5) is 4.79 Å². The third-order valence-electron chi connectivity index (χ3n) is 11.7. The van der Waals surface area contributed by atoms with Crippen molar-refractivity contribution in [2.24, 2.45) is 11.8 Å². The van der Waals surface area contributed by atoms with Crippen LogP contribution in [0.1, 0.15) is 118 Å². The molecule has 1 unspecified atom stereocenters. The maximum Gasteiger partial charge on any atom is 0.410 e. The van der Waals surface area contributed by atoms with Crippen LogP contribution in [0.5, 0.6) is 0 Å². The molecular weight excluding hydrogens is 597 g/mol. The predicted molar refractivity (Wildman–Crippen MR) is 182 cm³/mol. The molecule has 0 N–H and O–H groups in total. The summed E-state index contributed by atoms with van der Waals surface area (Å²) in [6, 6.07) is 0. The third-order valence-corrected chi connectivity index (χ3v) is 12.5. The number of rotatable bonds is 8. The summed E-state index contributed by atoms with van der Waals surface area (Å²) in [5.74, 6) is 1.65. The Hall–Kier alpha value is -2.59. The van der Waals surface area contributed by atoms with Gasteiger partial charge in [-0.3, -0.25) is 9.69 Å². The Morgan fingerprint density at radius 1 is 0.978 bits per heavy atom. The van der Waals surface area contributed by atoms with Gasteiger partial charge >= 0.3 is 6.09 Å². The van der Waals surface area contributed by atoms with Gasteiger partial charge in [0, 0.05) is 68.9 Å². The van der Waals surface area contributed by atoms with Gasteiger partial charge in [0.05, 0.1) is 22.0 Å². The number of nitrogens with zero attached hydrogens (tertiary/aromatic N) is 6. The minimum atomic E-state index is -0.336. The topological polar surface area (TPSA) is 91.8 Å².